The molecule has 0 aromatic carbocycles. The van der Waals surface area contributed by atoms with Crippen molar-refractivity contribution < 1.29 is 21.5 Å². The minimum atomic E-state index is 0. The van der Waals surface area contributed by atoms with Crippen LogP contribution in [-0.2, 0) is 0 Å². The topological polar surface area (TPSA) is 3.88 Å². The molecule has 2 heterocycles. The van der Waals surface area contributed by atoms with Crippen LogP contribution in [0.15, 0.2) is 41.0 Å². The minimum absolute atomic E-state index is 0. The summed E-state index contributed by atoms with van der Waals surface area (Å²) in [7, 11) is 0. The van der Waals surface area contributed by atoms with E-state index in [2.05, 4.69) is 45.5 Å². The van der Waals surface area contributed by atoms with Crippen LogP contribution in [-0.4, -0.2) is 15.0 Å². The Kier molecular flexibility index (Phi) is 5.10. The van der Waals surface area contributed by atoms with E-state index < -0.39 is 0 Å². The molecule has 0 radical (unpaired) electrons. The first kappa shape index (κ1) is 11.3. The fraction of sp³-hybridized carbons (Fsp3) is 0.222. The molecule has 1 aliphatic heterocycles. The fourth-order valence-corrected chi connectivity index (χ4v) is 4.52. The molecule has 1 aromatic heterocycles. The van der Waals surface area contributed by atoms with Crippen molar-refractivity contribution in [3.63, 3.8) is 0 Å². The first-order valence-electron chi connectivity index (χ1n) is 3.85. The van der Waals surface area contributed by atoms with E-state index in [0.29, 0.717) is 20.3 Å². The molecule has 1 unspecified atom stereocenters. The van der Waals surface area contributed by atoms with Crippen LogP contribution in [0.4, 0.5) is 0 Å². The van der Waals surface area contributed by atoms with Crippen LogP contribution in [0.25, 0.3) is 0 Å². The number of nitrogens with zero attached hydrogens (tertiary/aromatic N) is 1. The number of hydrogen-bond donors (Lipinski definition) is 0. The Balaban J connectivity index is 0.000000845. The van der Waals surface area contributed by atoms with Crippen LogP contribution >= 0.6 is 11.8 Å². The van der Waals surface area contributed by atoms with Gasteiger partial charge in [0, 0.05) is 0 Å². The molecule has 1 nitrogen and oxygen atoms in total. The van der Waals surface area contributed by atoms with Gasteiger partial charge in [0.05, 0.1) is 0 Å². The van der Waals surface area contributed by atoms with Crippen LogP contribution in [0.5, 0.6) is 0 Å². The predicted octanol–water partition coefficient (Wildman–Crippen LogP) is -1.18. The summed E-state index contributed by atoms with van der Waals surface area (Å²) in [5, 5.41) is 4.17. The van der Waals surface area contributed by atoms with Crippen molar-refractivity contribution in [2.24, 2.45) is 0 Å². The number of pyridine rings is 1. The van der Waals surface area contributed by atoms with E-state index in [0.717, 1.165) is 0 Å². The molecule has 0 N–H and O–H groups in total. The van der Waals surface area contributed by atoms with Crippen LogP contribution in [0.1, 0.15) is 5.37 Å². The summed E-state index contributed by atoms with van der Waals surface area (Å²) in [6.07, 6.45) is 4.29. The molecule has 1 aromatic rings. The molecular weight excluding hydrogens is 313 g/mol. The second kappa shape index (κ2) is 5.86. The van der Waals surface area contributed by atoms with Crippen LogP contribution in [0.2, 0.25) is 5.32 Å². The van der Waals surface area contributed by atoms with Crippen molar-refractivity contribution in [3.05, 3.63) is 41.0 Å². The maximum atomic E-state index is 2.30. The van der Waals surface area contributed by atoms with Gasteiger partial charge in [-0.2, -0.15) is 0 Å². The Labute approximate surface area is 99.5 Å². The minimum Gasteiger partial charge on any atom is -1.00 e. The molecule has 13 heavy (non-hydrogen) atoms. The average molecular weight is 323 g/mol. The van der Waals surface area contributed by atoms with Crippen molar-refractivity contribution in [1.82, 2.24) is 0 Å². The average Bonchev–Trinajstić information content (AvgIpc) is 2.21. The van der Waals surface area contributed by atoms with E-state index in [1.54, 1.807) is 0 Å². The first-order valence-corrected chi connectivity index (χ1v) is 6.99. The van der Waals surface area contributed by atoms with Gasteiger partial charge in [0.15, 0.2) is 0 Å². The van der Waals surface area contributed by atoms with Gasteiger partial charge in [0.25, 0.3) is 0 Å². The van der Waals surface area contributed by atoms with Gasteiger partial charge in [-0.3, -0.25) is 0 Å². The molecule has 1 atom stereocenters. The van der Waals surface area contributed by atoms with E-state index in [1.165, 1.54) is 5.32 Å². The van der Waals surface area contributed by atoms with E-state index in [9.17, 15) is 0 Å². The summed E-state index contributed by atoms with van der Waals surface area (Å²) in [5.41, 5.74) is 0. The molecule has 70 valence electrons. The summed E-state index contributed by atoms with van der Waals surface area (Å²) in [5.74, 6) is 0. The van der Waals surface area contributed by atoms with Crippen molar-refractivity contribution in [3.8, 4) is 0 Å². The Hall–Kier alpha value is 0.239. The summed E-state index contributed by atoms with van der Waals surface area (Å²) in [6, 6.07) is 6.24. The monoisotopic (exact) mass is 323 g/mol. The van der Waals surface area contributed by atoms with Gasteiger partial charge in [-0.15, -0.1) is 0 Å². The zero-order chi connectivity index (χ0) is 8.23. The number of thioether (sulfide) groups is 1. The third kappa shape index (κ3) is 3.13. The first-order chi connectivity index (χ1) is 5.97. The van der Waals surface area contributed by atoms with Gasteiger partial charge in [-0.25, -0.2) is 0 Å². The van der Waals surface area contributed by atoms with E-state index >= 15 is 0 Å². The molecule has 0 amide bonds. The van der Waals surface area contributed by atoms with Crippen molar-refractivity contribution in [1.29, 1.82) is 0 Å². The molecule has 0 fully saturated rings. The molecule has 1 aliphatic rings. The Morgan fingerprint density at radius 3 is 2.62 bits per heavy atom. The number of aromatic nitrogens is 1. The van der Waals surface area contributed by atoms with E-state index in [-0.39, 0.29) is 17.0 Å². The van der Waals surface area contributed by atoms with Crippen molar-refractivity contribution in [2.45, 2.75) is 10.7 Å². The van der Waals surface area contributed by atoms with Crippen LogP contribution < -0.4 is 21.5 Å². The number of rotatable bonds is 1. The zero-order valence-corrected chi connectivity index (χ0v) is 11.1. The largest absolute Gasteiger partial charge is 1.00 e. The summed E-state index contributed by atoms with van der Waals surface area (Å²) < 4.78 is 2.29. The van der Waals surface area contributed by atoms with E-state index in [4.69, 9.17) is 0 Å². The van der Waals surface area contributed by atoms with Crippen molar-refractivity contribution >= 4 is 26.7 Å². The molecule has 0 spiro atoms. The van der Waals surface area contributed by atoms with Gasteiger partial charge < -0.3 is 17.0 Å². The quantitative estimate of drug-likeness (QED) is 0.465. The maximum absolute atomic E-state index is 2.30. The molecular formula is C9H10BrNSSe. The summed E-state index contributed by atoms with van der Waals surface area (Å²) >= 11 is 2.62. The molecule has 2 rings (SSSR count). The summed E-state index contributed by atoms with van der Waals surface area (Å²) in [6.45, 7) is 0. The normalized spacial score (nSPS) is 20.8. The zero-order valence-electron chi connectivity index (χ0n) is 6.97. The summed E-state index contributed by atoms with van der Waals surface area (Å²) in [4.78, 5) is 2.30. The fourth-order valence-electron chi connectivity index (χ4n) is 1.10. The Morgan fingerprint density at radius 1 is 1.23 bits per heavy atom. The molecule has 0 saturated carbocycles. The number of halogens is 1. The molecule has 0 bridgehead atoms. The third-order valence-electron chi connectivity index (χ3n) is 1.70. The van der Waals surface area contributed by atoms with Gasteiger partial charge in [-0.05, 0) is 0 Å². The molecule has 4 heteroatoms. The van der Waals surface area contributed by atoms with Gasteiger partial charge in [0.2, 0.25) is 0 Å². The van der Waals surface area contributed by atoms with E-state index in [1.807, 2.05) is 11.8 Å². The van der Waals surface area contributed by atoms with Crippen LogP contribution in [0, 0.1) is 0 Å². The maximum Gasteiger partial charge on any atom is -1.00 e. The van der Waals surface area contributed by atoms with Gasteiger partial charge in [-0.1, -0.05) is 0 Å². The van der Waals surface area contributed by atoms with Crippen LogP contribution in [0.3, 0.4) is 0 Å². The molecule has 0 saturated heterocycles. The van der Waals surface area contributed by atoms with Gasteiger partial charge in [0.1, 0.15) is 0 Å². The second-order valence-electron chi connectivity index (χ2n) is 2.52. The van der Waals surface area contributed by atoms with Crippen molar-refractivity contribution in [2.75, 3.05) is 0 Å². The predicted molar refractivity (Wildman–Crippen MR) is 53.0 cm³/mol. The Morgan fingerprint density at radius 2 is 2.00 bits per heavy atom. The Bertz CT molecular complexity index is 278. The number of hydrogen-bond acceptors (Lipinski definition) is 1. The van der Waals surface area contributed by atoms with Gasteiger partial charge >= 0.3 is 83.0 Å². The third-order valence-corrected chi connectivity index (χ3v) is 5.34. The standard InChI is InChI=1S/C9H10NSSe.BrH/c1-2-4-10(5-3-1)9-8-12-7-6-11-9;/h1-7,9H,8H2;1H/q+1;/p-1. The SMILES string of the molecule is C1=C[Se]CC([n+]2ccccc2)S1.[Br-]. The smallest absolute Gasteiger partial charge is 1.00 e. The second-order valence-corrected chi connectivity index (χ2v) is 5.58. The molecule has 0 aliphatic carbocycles.